The van der Waals surface area contributed by atoms with Gasteiger partial charge in [-0.05, 0) is 26.0 Å². The molecule has 2 aromatic rings. The van der Waals surface area contributed by atoms with Crippen molar-refractivity contribution >= 4 is 39.2 Å². The Morgan fingerprint density at radius 1 is 0.800 bits per heavy atom. The SMILES string of the molecule is CC(=O)[O-].CC(=O)[O-].COc1[c]cccc1.COc1[c]cccc1.[Pb+2]. The van der Waals surface area contributed by atoms with Gasteiger partial charge in [-0.25, -0.2) is 0 Å². The summed E-state index contributed by atoms with van der Waals surface area (Å²) < 4.78 is 9.72. The minimum Gasteiger partial charge on any atom is -0.550 e. The third-order valence-corrected chi connectivity index (χ3v) is 1.80. The van der Waals surface area contributed by atoms with Gasteiger partial charge in [0.1, 0.15) is 11.5 Å². The zero-order chi connectivity index (χ0) is 18.8. The van der Waals surface area contributed by atoms with Gasteiger partial charge in [-0.2, -0.15) is 0 Å². The number of carboxylic acid groups (broad SMARTS) is 2. The zero-order valence-corrected chi connectivity index (χ0v) is 18.5. The minimum atomic E-state index is -1.08. The van der Waals surface area contributed by atoms with Crippen molar-refractivity contribution in [3.8, 4) is 11.5 Å². The molecule has 0 saturated carbocycles. The summed E-state index contributed by atoms with van der Waals surface area (Å²) in [5, 5.41) is 17.8. The van der Waals surface area contributed by atoms with Crippen LogP contribution in [0.3, 0.4) is 0 Å². The van der Waals surface area contributed by atoms with Crippen molar-refractivity contribution in [3.63, 3.8) is 0 Å². The van der Waals surface area contributed by atoms with Gasteiger partial charge in [0.2, 0.25) is 0 Å². The molecule has 0 aromatic heterocycles. The maximum atomic E-state index is 8.89. The fourth-order valence-corrected chi connectivity index (χ4v) is 1.01. The fourth-order valence-electron chi connectivity index (χ4n) is 1.01. The zero-order valence-electron chi connectivity index (χ0n) is 14.6. The standard InChI is InChI=1S/2C7H7O.2C2H4O2.Pb/c2*1-8-7-5-3-2-4-6-7;2*1-2(3)4;/h2*2-5H,1H3;2*1H3,(H,3,4);/q;;;;+2/p-2. The molecule has 0 atom stereocenters. The maximum Gasteiger partial charge on any atom is 2.00 e. The summed E-state index contributed by atoms with van der Waals surface area (Å²) in [6.07, 6.45) is 0. The van der Waals surface area contributed by atoms with Crippen LogP contribution in [-0.4, -0.2) is 53.5 Å². The van der Waals surface area contributed by atoms with Gasteiger partial charge in [0, 0.05) is 24.1 Å². The van der Waals surface area contributed by atoms with E-state index in [4.69, 9.17) is 29.3 Å². The third kappa shape index (κ3) is 27.1. The largest absolute Gasteiger partial charge is 2.00 e. The van der Waals surface area contributed by atoms with Crippen LogP contribution in [0.4, 0.5) is 0 Å². The van der Waals surface area contributed by atoms with Gasteiger partial charge >= 0.3 is 27.3 Å². The van der Waals surface area contributed by atoms with Crippen molar-refractivity contribution < 1.29 is 29.3 Å². The van der Waals surface area contributed by atoms with Crippen molar-refractivity contribution in [2.45, 2.75) is 13.8 Å². The van der Waals surface area contributed by atoms with Crippen LogP contribution in [0.5, 0.6) is 11.5 Å². The minimum absolute atomic E-state index is 0. The van der Waals surface area contributed by atoms with E-state index in [1.807, 2.05) is 48.5 Å². The van der Waals surface area contributed by atoms with Crippen LogP contribution >= 0.6 is 0 Å². The predicted octanol–water partition coefficient (Wildman–Crippen LogP) is 0.122. The van der Waals surface area contributed by atoms with Gasteiger partial charge in [0.25, 0.3) is 0 Å². The average molecular weight is 540 g/mol. The Balaban J connectivity index is -0.000000270. The van der Waals surface area contributed by atoms with E-state index in [1.54, 1.807) is 14.2 Å². The molecule has 4 radical (unpaired) electrons. The monoisotopic (exact) mass is 540 g/mol. The van der Waals surface area contributed by atoms with E-state index in [0.717, 1.165) is 25.3 Å². The Morgan fingerprint density at radius 2 is 1.08 bits per heavy atom. The Hall–Kier alpha value is -2.10. The molecular weight excluding hydrogens is 519 g/mol. The van der Waals surface area contributed by atoms with E-state index in [-0.39, 0.29) is 27.3 Å². The molecule has 0 unspecified atom stereocenters. The number of carboxylic acids is 2. The number of ether oxygens (including phenoxy) is 2. The number of para-hydroxylation sites is 2. The number of hydrogen-bond donors (Lipinski definition) is 0. The average Bonchev–Trinajstić information content (AvgIpc) is 2.56. The van der Waals surface area contributed by atoms with Gasteiger partial charge < -0.3 is 29.3 Å². The number of rotatable bonds is 2. The second kappa shape index (κ2) is 19.9. The predicted molar refractivity (Wildman–Crippen MR) is 90.8 cm³/mol. The molecule has 132 valence electrons. The van der Waals surface area contributed by atoms with Gasteiger partial charge in [0.15, 0.2) is 0 Å². The van der Waals surface area contributed by atoms with Crippen LogP contribution in [-0.2, 0) is 9.59 Å². The number of carbonyl (C=O) groups excluding carboxylic acids is 2. The summed E-state index contributed by atoms with van der Waals surface area (Å²) in [5.74, 6) is -0.597. The van der Waals surface area contributed by atoms with Crippen LogP contribution in [0.1, 0.15) is 13.8 Å². The van der Waals surface area contributed by atoms with E-state index in [9.17, 15) is 0 Å². The quantitative estimate of drug-likeness (QED) is 0.503. The smallest absolute Gasteiger partial charge is 0.550 e. The van der Waals surface area contributed by atoms with Crippen LogP contribution in [0, 0.1) is 12.1 Å². The summed E-state index contributed by atoms with van der Waals surface area (Å²) in [6, 6.07) is 20.8. The Bertz CT molecular complexity index is 487. The van der Waals surface area contributed by atoms with Gasteiger partial charge in [0.05, 0.1) is 14.2 Å². The Kier molecular flexibility index (Phi) is 22.1. The molecule has 0 heterocycles. The molecule has 0 amide bonds. The number of benzene rings is 2. The van der Waals surface area contributed by atoms with Crippen molar-refractivity contribution in [2.75, 3.05) is 14.2 Å². The first-order valence-electron chi connectivity index (χ1n) is 6.70. The van der Waals surface area contributed by atoms with Crippen LogP contribution < -0.4 is 19.7 Å². The van der Waals surface area contributed by atoms with Gasteiger partial charge in [-0.15, -0.1) is 0 Å². The molecule has 0 aliphatic carbocycles. The van der Waals surface area contributed by atoms with Gasteiger partial charge in [-0.3, -0.25) is 0 Å². The molecule has 0 aliphatic heterocycles. The van der Waals surface area contributed by atoms with Crippen molar-refractivity contribution in [1.82, 2.24) is 0 Å². The van der Waals surface area contributed by atoms with Crippen molar-refractivity contribution in [1.29, 1.82) is 0 Å². The van der Waals surface area contributed by atoms with E-state index in [0.29, 0.717) is 0 Å². The summed E-state index contributed by atoms with van der Waals surface area (Å²) in [4.78, 5) is 17.8. The Labute approximate surface area is 168 Å². The van der Waals surface area contributed by atoms with Crippen molar-refractivity contribution in [3.05, 3.63) is 60.7 Å². The van der Waals surface area contributed by atoms with Crippen LogP contribution in [0.25, 0.3) is 0 Å². The second-order valence-corrected chi connectivity index (χ2v) is 3.85. The number of hydrogen-bond acceptors (Lipinski definition) is 6. The first kappa shape index (κ1) is 27.7. The summed E-state index contributed by atoms with van der Waals surface area (Å²) in [7, 11) is 3.26. The first-order valence-corrected chi connectivity index (χ1v) is 6.70. The topological polar surface area (TPSA) is 98.7 Å². The summed E-state index contributed by atoms with van der Waals surface area (Å²) in [6.45, 7) is 1.94. The van der Waals surface area contributed by atoms with Crippen LogP contribution in [0.2, 0.25) is 0 Å². The summed E-state index contributed by atoms with van der Waals surface area (Å²) >= 11 is 0. The molecular formula is C18H20O6Pb. The number of carbonyl (C=O) groups is 2. The van der Waals surface area contributed by atoms with E-state index < -0.39 is 11.9 Å². The number of methoxy groups -OCH3 is 2. The maximum absolute atomic E-state index is 8.89. The fraction of sp³-hybridized carbons (Fsp3) is 0.222. The molecule has 25 heavy (non-hydrogen) atoms. The van der Waals surface area contributed by atoms with Crippen molar-refractivity contribution in [2.24, 2.45) is 0 Å². The summed E-state index contributed by atoms with van der Waals surface area (Å²) in [5.41, 5.74) is 0. The number of aliphatic carboxylic acids is 2. The molecule has 7 heteroatoms. The molecule has 2 aromatic carbocycles. The molecule has 2 rings (SSSR count). The third-order valence-electron chi connectivity index (χ3n) is 1.80. The normalized spacial score (nSPS) is 7.52. The van der Waals surface area contributed by atoms with E-state index >= 15 is 0 Å². The van der Waals surface area contributed by atoms with Crippen LogP contribution in [0.15, 0.2) is 48.5 Å². The second-order valence-electron chi connectivity index (χ2n) is 3.85. The van der Waals surface area contributed by atoms with Gasteiger partial charge in [-0.1, -0.05) is 36.4 Å². The molecule has 0 fully saturated rings. The molecule has 0 bridgehead atoms. The molecule has 6 nitrogen and oxygen atoms in total. The Morgan fingerprint density at radius 3 is 1.20 bits per heavy atom. The molecule has 0 N–H and O–H groups in total. The first-order chi connectivity index (χ1) is 11.3. The molecule has 0 spiro atoms. The molecule has 0 aliphatic rings. The molecule has 0 saturated heterocycles. The van der Waals surface area contributed by atoms with E-state index in [1.165, 1.54) is 0 Å². The van der Waals surface area contributed by atoms with E-state index in [2.05, 4.69) is 12.1 Å².